The molecule has 3 heterocycles. The number of rotatable bonds is 4. The zero-order valence-corrected chi connectivity index (χ0v) is 16.9. The number of halogens is 3. The van der Waals surface area contributed by atoms with Gasteiger partial charge in [-0.3, -0.25) is 0 Å². The van der Waals surface area contributed by atoms with Crippen LogP contribution in [0.25, 0.3) is 0 Å². The Morgan fingerprint density at radius 3 is 2.20 bits per heavy atom. The van der Waals surface area contributed by atoms with Gasteiger partial charge in [0.05, 0.1) is 13.1 Å². The van der Waals surface area contributed by atoms with Crippen LogP contribution in [0.3, 0.4) is 0 Å². The first-order valence-corrected chi connectivity index (χ1v) is 10.9. The molecule has 2 aromatic rings. The summed E-state index contributed by atoms with van der Waals surface area (Å²) in [5.41, 5.74) is 2.46. The number of hydrogen-bond donors (Lipinski definition) is 1. The largest absolute Gasteiger partial charge is 0.511 e. The molecular weight excluding hydrogens is 423 g/mol. The molecule has 4 rings (SSSR count). The van der Waals surface area contributed by atoms with E-state index in [4.69, 9.17) is 5.73 Å². The molecule has 13 heteroatoms. The summed E-state index contributed by atoms with van der Waals surface area (Å²) < 4.78 is 63.7. The molecule has 164 valence electrons. The van der Waals surface area contributed by atoms with Gasteiger partial charge in [0.25, 0.3) is 0 Å². The number of anilines is 2. The lowest BCUT2D eigenvalue weighted by Crippen LogP contribution is -2.47. The van der Waals surface area contributed by atoms with Crippen LogP contribution in [0.5, 0.6) is 0 Å². The molecule has 2 aliphatic heterocycles. The number of aromatic nitrogens is 3. The van der Waals surface area contributed by atoms with Crippen LogP contribution in [0, 0.1) is 0 Å². The third-order valence-electron chi connectivity index (χ3n) is 5.35. The van der Waals surface area contributed by atoms with Gasteiger partial charge < -0.3 is 15.5 Å². The van der Waals surface area contributed by atoms with E-state index in [1.807, 2.05) is 29.2 Å². The average Bonchev–Trinajstić information content (AvgIpc) is 3.16. The summed E-state index contributed by atoms with van der Waals surface area (Å²) in [7, 11) is -5.38. The molecule has 0 aliphatic carbocycles. The van der Waals surface area contributed by atoms with Crippen molar-refractivity contribution in [2.45, 2.75) is 25.1 Å². The van der Waals surface area contributed by atoms with Crippen molar-refractivity contribution in [1.82, 2.24) is 19.1 Å². The predicted molar refractivity (Wildman–Crippen MR) is 104 cm³/mol. The van der Waals surface area contributed by atoms with Crippen LogP contribution >= 0.6 is 0 Å². The van der Waals surface area contributed by atoms with E-state index in [1.165, 1.54) is 4.68 Å². The van der Waals surface area contributed by atoms with Crippen molar-refractivity contribution in [3.63, 3.8) is 0 Å². The molecule has 0 atom stereocenters. The highest BCUT2D eigenvalue weighted by Crippen LogP contribution is 2.29. The van der Waals surface area contributed by atoms with E-state index in [0.717, 1.165) is 24.3 Å². The van der Waals surface area contributed by atoms with Crippen molar-refractivity contribution in [3.8, 4) is 0 Å². The Kier molecular flexibility index (Phi) is 5.36. The zero-order valence-electron chi connectivity index (χ0n) is 16.1. The van der Waals surface area contributed by atoms with Crippen LogP contribution in [0.4, 0.5) is 24.8 Å². The minimum Gasteiger partial charge on any atom is -0.368 e. The highest BCUT2D eigenvalue weighted by atomic mass is 32.2. The Balaban J connectivity index is 1.42. The van der Waals surface area contributed by atoms with Crippen LogP contribution in [-0.4, -0.2) is 65.7 Å². The molecule has 1 fully saturated rings. The van der Waals surface area contributed by atoms with E-state index in [1.54, 1.807) is 0 Å². The first-order chi connectivity index (χ1) is 14.2. The van der Waals surface area contributed by atoms with Gasteiger partial charge in [0.15, 0.2) is 0 Å². The van der Waals surface area contributed by atoms with Gasteiger partial charge in [0, 0.05) is 45.0 Å². The Morgan fingerprint density at radius 1 is 0.967 bits per heavy atom. The lowest BCUT2D eigenvalue weighted by atomic mass is 10.2. The second kappa shape index (κ2) is 7.71. The van der Waals surface area contributed by atoms with Crippen molar-refractivity contribution >= 4 is 21.7 Å². The van der Waals surface area contributed by atoms with Gasteiger partial charge in [-0.1, -0.05) is 12.1 Å². The van der Waals surface area contributed by atoms with Crippen molar-refractivity contribution in [3.05, 3.63) is 35.7 Å². The second-order valence-electron chi connectivity index (χ2n) is 7.18. The van der Waals surface area contributed by atoms with Crippen LogP contribution in [0.15, 0.2) is 24.3 Å². The topological polar surface area (TPSA) is 101 Å². The fourth-order valence-electron chi connectivity index (χ4n) is 3.59. The number of benzene rings is 1. The number of fused-ring (bicyclic) bond motifs is 1. The summed E-state index contributed by atoms with van der Waals surface area (Å²) in [6.45, 7) is 2.56. The van der Waals surface area contributed by atoms with Crippen LogP contribution in [0.1, 0.15) is 11.4 Å². The third-order valence-corrected chi connectivity index (χ3v) is 6.92. The molecule has 9 nitrogen and oxygen atoms in total. The number of hydrogen-bond acceptors (Lipinski definition) is 7. The molecule has 1 aromatic carbocycles. The summed E-state index contributed by atoms with van der Waals surface area (Å²) in [6.07, 6.45) is 0. The minimum absolute atomic E-state index is 0.0328. The van der Waals surface area contributed by atoms with Gasteiger partial charge in [-0.05, 0) is 17.7 Å². The number of alkyl halides is 3. The van der Waals surface area contributed by atoms with Gasteiger partial charge in [-0.15, -0.1) is 5.10 Å². The van der Waals surface area contributed by atoms with Gasteiger partial charge in [-0.2, -0.15) is 22.5 Å². The summed E-state index contributed by atoms with van der Waals surface area (Å²) in [6, 6.07) is 8.04. The van der Waals surface area contributed by atoms with E-state index in [9.17, 15) is 21.6 Å². The summed E-state index contributed by atoms with van der Waals surface area (Å²) in [5.74, 6) is 0.623. The van der Waals surface area contributed by atoms with Crippen molar-refractivity contribution in [2.24, 2.45) is 5.73 Å². The van der Waals surface area contributed by atoms with Gasteiger partial charge in [-0.25, -0.2) is 13.1 Å². The molecule has 2 aliphatic rings. The van der Waals surface area contributed by atoms with E-state index in [2.05, 4.69) is 15.0 Å². The maximum absolute atomic E-state index is 12.8. The molecular formula is C17H22F3N7O2S. The molecule has 0 saturated carbocycles. The highest BCUT2D eigenvalue weighted by molar-refractivity contribution is 7.89. The van der Waals surface area contributed by atoms with Gasteiger partial charge in [0.2, 0.25) is 5.95 Å². The maximum Gasteiger partial charge on any atom is 0.511 e. The Hall–Kier alpha value is -2.38. The van der Waals surface area contributed by atoms with E-state index < -0.39 is 22.1 Å². The first kappa shape index (κ1) is 20.9. The number of nitrogens with zero attached hydrogens (tertiary/aromatic N) is 6. The Morgan fingerprint density at radius 2 is 1.60 bits per heavy atom. The molecule has 0 spiro atoms. The molecule has 1 aromatic heterocycles. The van der Waals surface area contributed by atoms with Crippen LogP contribution in [0.2, 0.25) is 0 Å². The number of sulfonamides is 1. The van der Waals surface area contributed by atoms with Gasteiger partial charge >= 0.3 is 15.5 Å². The standard InChI is InChI=1S/C17H22F3N7O2S/c18-17(19,20)30(28,29)26-9-10-27-15(12-26)22-16(23-27)25-7-5-24(6-8-25)14-3-1-13(11-21)2-4-14/h1-4H,5-12,21H2. The SMILES string of the molecule is NCc1ccc(N2CCN(c3nc4n(n3)CCN(S(=O)(=O)C(F)(F)F)C4)CC2)cc1. The smallest absolute Gasteiger partial charge is 0.368 e. The molecule has 0 unspecified atom stereocenters. The minimum atomic E-state index is -5.38. The van der Waals surface area contributed by atoms with Crippen molar-refractivity contribution in [2.75, 3.05) is 42.5 Å². The molecule has 0 radical (unpaired) electrons. The molecule has 2 N–H and O–H groups in total. The lowest BCUT2D eigenvalue weighted by Gasteiger charge is -2.35. The Bertz CT molecular complexity index is 999. The molecule has 30 heavy (non-hydrogen) atoms. The first-order valence-electron chi connectivity index (χ1n) is 9.48. The normalized spacial score (nSPS) is 18.5. The third kappa shape index (κ3) is 3.84. The lowest BCUT2D eigenvalue weighted by molar-refractivity contribution is -0.0496. The van der Waals surface area contributed by atoms with Crippen molar-refractivity contribution in [1.29, 1.82) is 0 Å². The van der Waals surface area contributed by atoms with E-state index >= 15 is 0 Å². The molecule has 0 amide bonds. The van der Waals surface area contributed by atoms with Crippen LogP contribution in [-0.2, 0) is 29.7 Å². The molecule has 1 saturated heterocycles. The van der Waals surface area contributed by atoms with E-state index in [0.29, 0.717) is 29.9 Å². The van der Waals surface area contributed by atoms with Gasteiger partial charge in [0.1, 0.15) is 5.82 Å². The monoisotopic (exact) mass is 445 g/mol. The summed E-state index contributed by atoms with van der Waals surface area (Å²) >= 11 is 0. The van der Waals surface area contributed by atoms with E-state index in [-0.39, 0.29) is 18.9 Å². The summed E-state index contributed by atoms with van der Waals surface area (Å²) in [5, 5.41) is 4.37. The van der Waals surface area contributed by atoms with Crippen molar-refractivity contribution < 1.29 is 21.6 Å². The quantitative estimate of drug-likeness (QED) is 0.741. The fraction of sp³-hybridized carbons (Fsp3) is 0.529. The maximum atomic E-state index is 12.8. The van der Waals surface area contributed by atoms with Crippen LogP contribution < -0.4 is 15.5 Å². The number of nitrogens with two attached hydrogens (primary N) is 1. The Labute approximate surface area is 171 Å². The summed E-state index contributed by atoms with van der Waals surface area (Å²) in [4.78, 5) is 8.50. The average molecular weight is 445 g/mol. The zero-order chi connectivity index (χ0) is 21.5. The predicted octanol–water partition coefficient (Wildman–Crippen LogP) is 0.729. The molecule has 0 bridgehead atoms. The fourth-order valence-corrected chi connectivity index (χ4v) is 4.49. The highest BCUT2D eigenvalue weighted by Gasteiger charge is 2.50. The second-order valence-corrected chi connectivity index (χ2v) is 9.11. The number of piperazine rings is 1.